The number of halogens is 1. The summed E-state index contributed by atoms with van der Waals surface area (Å²) in [5, 5.41) is 4.57. The van der Waals surface area contributed by atoms with Crippen LogP contribution in [0.5, 0.6) is 0 Å². The summed E-state index contributed by atoms with van der Waals surface area (Å²) in [6.07, 6.45) is 3.31. The molecule has 29 heavy (non-hydrogen) atoms. The quantitative estimate of drug-likeness (QED) is 0.523. The number of nitrogens with zero attached hydrogens (tertiary/aromatic N) is 2. The van der Waals surface area contributed by atoms with Crippen LogP contribution in [-0.4, -0.2) is 35.4 Å². The highest BCUT2D eigenvalue weighted by atomic mass is 32.1. The normalized spacial score (nSPS) is 11.9. The van der Waals surface area contributed by atoms with Crippen LogP contribution in [0.2, 0.25) is 0 Å². The summed E-state index contributed by atoms with van der Waals surface area (Å²) >= 11 is 1.13. The molecule has 154 valence electrons. The molecule has 0 bridgehead atoms. The fraction of sp³-hybridized carbons (Fsp3) is 0.300. The summed E-state index contributed by atoms with van der Waals surface area (Å²) in [7, 11) is 0. The highest BCUT2D eigenvalue weighted by Gasteiger charge is 2.20. The van der Waals surface area contributed by atoms with Crippen LogP contribution < -0.4 is 10.2 Å². The molecule has 0 saturated carbocycles. The van der Waals surface area contributed by atoms with Gasteiger partial charge in [-0.3, -0.25) is 14.5 Å². The number of aromatic nitrogens is 1. The van der Waals surface area contributed by atoms with Crippen LogP contribution in [0.4, 0.5) is 15.2 Å². The van der Waals surface area contributed by atoms with E-state index in [2.05, 4.69) is 10.3 Å². The molecule has 0 radical (unpaired) electrons. The second-order valence-electron chi connectivity index (χ2n) is 6.18. The monoisotopic (exact) mass is 419 g/mol. The summed E-state index contributed by atoms with van der Waals surface area (Å²) in [5.41, 5.74) is 0.491. The molecular weight excluding hydrogens is 397 g/mol. The predicted molar refractivity (Wildman–Crippen MR) is 109 cm³/mol. The van der Waals surface area contributed by atoms with Gasteiger partial charge in [0, 0.05) is 24.4 Å². The lowest BCUT2D eigenvalue weighted by molar-refractivity contribution is -0.144. The van der Waals surface area contributed by atoms with Gasteiger partial charge in [-0.25, -0.2) is 14.2 Å². The second kappa shape index (κ2) is 10.5. The maximum absolute atomic E-state index is 14.1. The van der Waals surface area contributed by atoms with Crippen molar-refractivity contribution in [3.63, 3.8) is 0 Å². The molecule has 7 nitrogen and oxygen atoms in total. The van der Waals surface area contributed by atoms with Gasteiger partial charge in [0.15, 0.2) is 11.7 Å². The number of rotatable bonds is 8. The fourth-order valence-corrected chi connectivity index (χ4v) is 3.10. The molecule has 1 N–H and O–H groups in total. The first-order valence-corrected chi connectivity index (χ1v) is 9.84. The molecule has 1 aromatic carbocycles. The Balaban J connectivity index is 2.01. The number of esters is 1. The maximum atomic E-state index is 14.1. The molecular formula is C20H22FN3O4S. The van der Waals surface area contributed by atoms with Crippen LogP contribution in [0.15, 0.2) is 35.7 Å². The van der Waals surface area contributed by atoms with Gasteiger partial charge in [-0.1, -0.05) is 19.1 Å². The van der Waals surface area contributed by atoms with E-state index in [-0.39, 0.29) is 29.4 Å². The van der Waals surface area contributed by atoms with E-state index in [0.717, 1.165) is 28.7 Å². The van der Waals surface area contributed by atoms with Crippen molar-refractivity contribution in [1.82, 2.24) is 10.3 Å². The van der Waals surface area contributed by atoms with Crippen LogP contribution in [0.1, 0.15) is 32.9 Å². The summed E-state index contributed by atoms with van der Waals surface area (Å²) in [4.78, 5) is 40.8. The molecule has 2 aromatic rings. The number of hydrogen-bond donors (Lipinski definition) is 1. The number of amides is 2. The van der Waals surface area contributed by atoms with Gasteiger partial charge in [-0.05, 0) is 31.6 Å². The van der Waals surface area contributed by atoms with Gasteiger partial charge in [-0.2, -0.15) is 0 Å². The first-order valence-electron chi connectivity index (χ1n) is 8.96. The zero-order valence-electron chi connectivity index (χ0n) is 16.3. The van der Waals surface area contributed by atoms with Crippen molar-refractivity contribution in [2.45, 2.75) is 33.2 Å². The minimum absolute atomic E-state index is 0.00356. The number of thiazole rings is 1. The van der Waals surface area contributed by atoms with Crippen LogP contribution in [0.3, 0.4) is 0 Å². The smallest absolute Gasteiger partial charge is 0.331 e. The predicted octanol–water partition coefficient (Wildman–Crippen LogP) is 3.44. The number of hydrogen-bond acceptors (Lipinski definition) is 6. The van der Waals surface area contributed by atoms with E-state index in [4.69, 9.17) is 4.74 Å². The van der Waals surface area contributed by atoms with Crippen LogP contribution in [-0.2, 0) is 19.1 Å². The summed E-state index contributed by atoms with van der Waals surface area (Å²) < 4.78 is 18.9. The van der Waals surface area contributed by atoms with E-state index in [1.807, 2.05) is 13.8 Å². The third-order valence-corrected chi connectivity index (χ3v) is 4.71. The molecule has 1 heterocycles. The van der Waals surface area contributed by atoms with E-state index in [1.165, 1.54) is 31.2 Å². The number of nitrogens with one attached hydrogen (secondary N) is 1. The van der Waals surface area contributed by atoms with Crippen LogP contribution in [0.25, 0.3) is 6.08 Å². The Morgan fingerprint density at radius 2 is 2.07 bits per heavy atom. The molecule has 0 unspecified atom stereocenters. The van der Waals surface area contributed by atoms with Gasteiger partial charge in [0.1, 0.15) is 5.82 Å². The molecule has 0 aliphatic heterocycles. The number of anilines is 2. The second-order valence-corrected chi connectivity index (χ2v) is 7.02. The Morgan fingerprint density at radius 1 is 1.34 bits per heavy atom. The summed E-state index contributed by atoms with van der Waals surface area (Å²) in [6, 6.07) is 5.89. The van der Waals surface area contributed by atoms with Gasteiger partial charge in [0.05, 0.1) is 11.4 Å². The Labute approximate surface area is 172 Å². The zero-order valence-corrected chi connectivity index (χ0v) is 17.2. The average molecular weight is 419 g/mol. The lowest BCUT2D eigenvalue weighted by Gasteiger charge is -2.18. The number of ether oxygens (including phenoxy) is 1. The molecule has 0 saturated heterocycles. The number of carbonyl (C=O) groups excluding carboxylic acids is 3. The molecule has 0 aliphatic carbocycles. The van der Waals surface area contributed by atoms with Gasteiger partial charge >= 0.3 is 5.97 Å². The lowest BCUT2D eigenvalue weighted by Crippen LogP contribution is -2.35. The van der Waals surface area contributed by atoms with E-state index in [9.17, 15) is 18.8 Å². The first kappa shape index (κ1) is 22.2. The average Bonchev–Trinajstić information content (AvgIpc) is 3.14. The Hall–Kier alpha value is -3.07. The van der Waals surface area contributed by atoms with Crippen LogP contribution in [0, 0.1) is 5.82 Å². The van der Waals surface area contributed by atoms with Crippen molar-refractivity contribution in [1.29, 1.82) is 0 Å². The number of carbonyl (C=O) groups is 3. The minimum Gasteiger partial charge on any atom is -0.452 e. The van der Waals surface area contributed by atoms with Crippen molar-refractivity contribution in [2.75, 3.05) is 11.5 Å². The van der Waals surface area contributed by atoms with Crippen molar-refractivity contribution in [3.8, 4) is 0 Å². The lowest BCUT2D eigenvalue weighted by atomic mass is 10.2. The molecule has 1 atom stereocenters. The first-order chi connectivity index (χ1) is 13.8. The van der Waals surface area contributed by atoms with E-state index in [0.29, 0.717) is 5.69 Å². The third kappa shape index (κ3) is 6.49. The fourth-order valence-electron chi connectivity index (χ4n) is 2.25. The highest BCUT2D eigenvalue weighted by molar-refractivity contribution is 7.14. The summed E-state index contributed by atoms with van der Waals surface area (Å²) in [6.45, 7) is 4.72. The van der Waals surface area contributed by atoms with Gasteiger partial charge in [0.25, 0.3) is 5.91 Å². The maximum Gasteiger partial charge on any atom is 0.331 e. The number of benzene rings is 1. The van der Waals surface area contributed by atoms with Crippen molar-refractivity contribution < 1.29 is 23.5 Å². The van der Waals surface area contributed by atoms with Gasteiger partial charge in [0.2, 0.25) is 5.91 Å². The molecule has 0 fully saturated rings. The SMILES string of the molecule is CC[C@H](C)NC(=O)COC(=O)/C=C/c1csc(N(C(C)=O)c2ccccc2F)n1. The van der Waals surface area contributed by atoms with E-state index < -0.39 is 17.7 Å². The highest BCUT2D eigenvalue weighted by Crippen LogP contribution is 2.30. The number of para-hydroxylation sites is 1. The van der Waals surface area contributed by atoms with Crippen LogP contribution >= 0.6 is 11.3 Å². The molecule has 9 heteroatoms. The van der Waals surface area contributed by atoms with Gasteiger partial charge in [-0.15, -0.1) is 11.3 Å². The van der Waals surface area contributed by atoms with E-state index in [1.54, 1.807) is 11.4 Å². The standard InChI is InChI=1S/C20H22FN3O4S/c1-4-13(2)22-18(26)11-28-19(27)10-9-15-12-29-20(23-15)24(14(3)25)17-8-6-5-7-16(17)21/h5-10,12-13H,4,11H2,1-3H3,(H,22,26)/b10-9+/t13-/m0/s1. The Bertz CT molecular complexity index is 913. The largest absolute Gasteiger partial charge is 0.452 e. The molecule has 2 rings (SSSR count). The topological polar surface area (TPSA) is 88.6 Å². The Morgan fingerprint density at radius 3 is 2.72 bits per heavy atom. The molecule has 1 aromatic heterocycles. The van der Waals surface area contributed by atoms with Crippen molar-refractivity contribution >= 4 is 46.0 Å². The van der Waals surface area contributed by atoms with Crippen molar-refractivity contribution in [2.24, 2.45) is 0 Å². The Kier molecular flexibility index (Phi) is 8.02. The minimum atomic E-state index is -0.698. The van der Waals surface area contributed by atoms with Gasteiger partial charge < -0.3 is 10.1 Å². The summed E-state index contributed by atoms with van der Waals surface area (Å²) in [5.74, 6) is -2.02. The molecule has 2 amide bonds. The third-order valence-electron chi connectivity index (χ3n) is 3.86. The van der Waals surface area contributed by atoms with E-state index >= 15 is 0 Å². The molecule has 0 spiro atoms. The molecule has 0 aliphatic rings. The zero-order chi connectivity index (χ0) is 21.4. The van der Waals surface area contributed by atoms with Crippen molar-refractivity contribution in [3.05, 3.63) is 47.2 Å².